The Morgan fingerprint density at radius 1 is 0.943 bits per heavy atom. The highest BCUT2D eigenvalue weighted by atomic mass is 32.1. The van der Waals surface area contributed by atoms with E-state index in [1.807, 2.05) is 48.5 Å². The molecule has 274 valence electrons. The predicted octanol–water partition coefficient (Wildman–Crippen LogP) is 1.63. The topological polar surface area (TPSA) is 226 Å². The molecule has 0 aliphatic heterocycles. The van der Waals surface area contributed by atoms with Crippen LogP contribution in [0, 0.1) is 23.7 Å². The molecule has 14 nitrogen and oxygen atoms in total. The molecule has 0 saturated heterocycles. The number of ether oxygens (including phenoxy) is 1. The number of aromatic hydroxyl groups is 1. The molecule has 2 unspecified atom stereocenters. The van der Waals surface area contributed by atoms with E-state index < -0.39 is 88.2 Å². The zero-order valence-electron chi connectivity index (χ0n) is 28.7. The van der Waals surface area contributed by atoms with Crippen molar-refractivity contribution in [3.63, 3.8) is 0 Å². The summed E-state index contributed by atoms with van der Waals surface area (Å²) in [5, 5.41) is 39.8. The van der Waals surface area contributed by atoms with Crippen molar-refractivity contribution in [2.24, 2.45) is 29.4 Å². The number of amides is 2. The number of thiocarbonyl (C=S) groups is 1. The van der Waals surface area contributed by atoms with Crippen LogP contribution < -0.4 is 16.4 Å². The van der Waals surface area contributed by atoms with E-state index >= 15 is 0 Å². The molecule has 7 rings (SSSR count). The fourth-order valence-corrected chi connectivity index (χ4v) is 9.16. The van der Waals surface area contributed by atoms with Gasteiger partial charge in [-0.15, -0.1) is 0 Å². The van der Waals surface area contributed by atoms with Gasteiger partial charge in [-0.25, -0.2) is 4.79 Å². The molecule has 2 fully saturated rings. The number of nitrogens with two attached hydrogens (primary N) is 1. The number of primary amides is 1. The maximum Gasteiger partial charge on any atom is 0.413 e. The van der Waals surface area contributed by atoms with E-state index in [1.54, 1.807) is 6.92 Å². The highest BCUT2D eigenvalue weighted by molar-refractivity contribution is 7.80. The fraction of sp³-hybridized carbons (Fsp3) is 0.342. The molecule has 3 aromatic carbocycles. The van der Waals surface area contributed by atoms with Crippen molar-refractivity contribution in [1.82, 2.24) is 10.2 Å². The second-order valence-electron chi connectivity index (χ2n) is 14.2. The van der Waals surface area contributed by atoms with Crippen LogP contribution in [0.5, 0.6) is 5.75 Å². The van der Waals surface area contributed by atoms with Crippen LogP contribution in [-0.4, -0.2) is 98.9 Å². The number of carbonyl (C=O) groups excluding carboxylic acids is 6. The number of nitrogens with zero attached hydrogens (tertiary/aromatic N) is 1. The second kappa shape index (κ2) is 12.9. The number of likely N-dealkylation sites (N-methyl/N-ethyl adjacent to an activating group) is 1. The quantitative estimate of drug-likeness (QED) is 0.124. The van der Waals surface area contributed by atoms with Crippen molar-refractivity contribution in [2.45, 2.75) is 36.5 Å². The standard InChI is InChI=1S/C38H36N4O10S/c1-15-16-12-13-22(40-36(53)41-37(50)52-14-21-19-10-6-4-8-17(19)18-9-5-7-11-20(18)21)29(43)24(16)30(44)25-23(15)31(45)27-28(42(2)3)32(46)26(35(39)49)34(48)38(27,51)33(25)47/h4-13,15,21,23,25-28,31,43,45,51H,14H2,1-3H3,(H2,39,49)(H2,40,41,50,53)/t15-,23+,25?,26?,27+,28-,31-,38-/m0/s1. The SMILES string of the molecule is C[C@H]1c2ccc(NC(=S)NC(=O)OCC3c4ccccc4-c4ccccc43)c(O)c2C(=O)C2C(=O)[C@]3(O)C(=O)C(C(N)=O)C(=O)[C@@H](N(C)C)[C@@H]3[C@@H](O)[C@@H]21. The third kappa shape index (κ3) is 5.29. The number of alkyl carbamates (subject to hydrolysis) is 1. The van der Waals surface area contributed by atoms with Crippen molar-refractivity contribution in [3.8, 4) is 16.9 Å². The van der Waals surface area contributed by atoms with Crippen LogP contribution in [0.15, 0.2) is 60.7 Å². The van der Waals surface area contributed by atoms with Crippen LogP contribution in [0.4, 0.5) is 10.5 Å². The first-order valence-electron chi connectivity index (χ1n) is 16.9. The molecule has 3 aromatic rings. The molecule has 0 aromatic heterocycles. The Balaban J connectivity index is 1.12. The lowest BCUT2D eigenvalue weighted by molar-refractivity contribution is -0.196. The molecule has 7 N–H and O–H groups in total. The summed E-state index contributed by atoms with van der Waals surface area (Å²) in [7, 11) is 2.84. The first kappa shape index (κ1) is 36.0. The maximum absolute atomic E-state index is 14.2. The molecular weight excluding hydrogens is 705 g/mol. The van der Waals surface area contributed by atoms with Gasteiger partial charge in [0.05, 0.1) is 35.2 Å². The van der Waals surface area contributed by atoms with Crippen molar-refractivity contribution in [2.75, 3.05) is 26.0 Å². The number of anilines is 1. The van der Waals surface area contributed by atoms with E-state index in [1.165, 1.54) is 31.1 Å². The summed E-state index contributed by atoms with van der Waals surface area (Å²) in [5.74, 6) is -14.8. The van der Waals surface area contributed by atoms with E-state index in [0.29, 0.717) is 0 Å². The number of Topliss-reactive ketones (excluding diaryl/α,β-unsaturated/α-hetero) is 4. The smallest absolute Gasteiger partial charge is 0.413 e. The fourth-order valence-electron chi connectivity index (χ4n) is 8.97. The van der Waals surface area contributed by atoms with Crippen molar-refractivity contribution < 1.29 is 48.8 Å². The van der Waals surface area contributed by atoms with Crippen LogP contribution in [0.3, 0.4) is 0 Å². The van der Waals surface area contributed by atoms with Gasteiger partial charge in [0.1, 0.15) is 12.4 Å². The zero-order valence-corrected chi connectivity index (χ0v) is 29.5. The lowest BCUT2D eigenvalue weighted by Crippen LogP contribution is -2.77. The molecule has 0 heterocycles. The largest absolute Gasteiger partial charge is 0.505 e. The summed E-state index contributed by atoms with van der Waals surface area (Å²) in [6.07, 6.45) is -2.63. The van der Waals surface area contributed by atoms with Crippen molar-refractivity contribution >= 4 is 58.2 Å². The zero-order chi connectivity index (χ0) is 38.3. The Morgan fingerprint density at radius 3 is 2.13 bits per heavy atom. The summed E-state index contributed by atoms with van der Waals surface area (Å²) in [6, 6.07) is 17.1. The number of benzene rings is 3. The molecule has 2 saturated carbocycles. The Morgan fingerprint density at radius 2 is 1.55 bits per heavy atom. The monoisotopic (exact) mass is 740 g/mol. The van der Waals surface area contributed by atoms with Crippen LogP contribution in [-0.2, 0) is 23.9 Å². The average molecular weight is 741 g/mol. The predicted molar refractivity (Wildman–Crippen MR) is 192 cm³/mol. The summed E-state index contributed by atoms with van der Waals surface area (Å²) in [6.45, 7) is 1.61. The minimum absolute atomic E-state index is 0.0146. The molecule has 4 aliphatic rings. The number of phenolic OH excluding ortho intramolecular Hbond substituents is 1. The first-order chi connectivity index (χ1) is 25.1. The van der Waals surface area contributed by atoms with Gasteiger partial charge in [-0.05, 0) is 66.1 Å². The average Bonchev–Trinajstić information content (AvgIpc) is 3.43. The number of phenols is 1. The molecule has 0 bridgehead atoms. The van der Waals surface area contributed by atoms with Gasteiger partial charge in [0.25, 0.3) is 0 Å². The van der Waals surface area contributed by atoms with Gasteiger partial charge < -0.3 is 31.1 Å². The third-order valence-corrected chi connectivity index (χ3v) is 11.5. The first-order valence-corrected chi connectivity index (χ1v) is 17.3. The summed E-state index contributed by atoms with van der Waals surface area (Å²) < 4.78 is 5.53. The summed E-state index contributed by atoms with van der Waals surface area (Å²) in [4.78, 5) is 81.7. The van der Waals surface area contributed by atoms with Gasteiger partial charge in [0.15, 0.2) is 39.8 Å². The Labute approximate surface area is 308 Å². The molecule has 2 amide bonds. The molecule has 0 spiro atoms. The van der Waals surface area contributed by atoms with Crippen LogP contribution >= 0.6 is 12.2 Å². The molecule has 53 heavy (non-hydrogen) atoms. The Kier molecular flexibility index (Phi) is 8.80. The number of aliphatic hydroxyl groups is 2. The van der Waals surface area contributed by atoms with Crippen LogP contribution in [0.25, 0.3) is 11.1 Å². The summed E-state index contributed by atoms with van der Waals surface area (Å²) in [5.41, 5.74) is 6.19. The van der Waals surface area contributed by atoms with E-state index in [0.717, 1.165) is 22.3 Å². The molecular formula is C38H36N4O10S. The van der Waals surface area contributed by atoms with E-state index in [2.05, 4.69) is 10.6 Å². The minimum atomic E-state index is -3.12. The lowest BCUT2D eigenvalue weighted by atomic mass is 9.49. The van der Waals surface area contributed by atoms with Gasteiger partial charge in [-0.2, -0.15) is 0 Å². The van der Waals surface area contributed by atoms with Crippen LogP contribution in [0.1, 0.15) is 45.8 Å². The number of hydrogen-bond donors (Lipinski definition) is 6. The summed E-state index contributed by atoms with van der Waals surface area (Å²) >= 11 is 5.30. The van der Waals surface area contributed by atoms with E-state index in [9.17, 15) is 44.1 Å². The molecule has 4 aliphatic carbocycles. The van der Waals surface area contributed by atoms with Crippen LogP contribution in [0.2, 0.25) is 0 Å². The number of ketones is 4. The second-order valence-corrected chi connectivity index (χ2v) is 14.6. The number of carbonyl (C=O) groups is 6. The Hall–Kier alpha value is -5.35. The van der Waals surface area contributed by atoms with Gasteiger partial charge in [-0.3, -0.25) is 34.2 Å². The third-order valence-electron chi connectivity index (χ3n) is 11.3. The van der Waals surface area contributed by atoms with Gasteiger partial charge in [-0.1, -0.05) is 61.5 Å². The number of nitrogens with one attached hydrogen (secondary N) is 2. The number of hydrogen-bond acceptors (Lipinski definition) is 12. The van der Waals surface area contributed by atoms with Gasteiger partial charge in [0.2, 0.25) is 5.91 Å². The molecule has 8 atom stereocenters. The maximum atomic E-state index is 14.2. The van der Waals surface area contributed by atoms with Gasteiger partial charge >= 0.3 is 6.09 Å². The Bertz CT molecular complexity index is 2110. The number of rotatable bonds is 5. The molecule has 0 radical (unpaired) electrons. The number of fused-ring (bicyclic) bond motifs is 6. The minimum Gasteiger partial charge on any atom is -0.505 e. The van der Waals surface area contributed by atoms with E-state index in [4.69, 9.17) is 22.7 Å². The van der Waals surface area contributed by atoms with Crippen molar-refractivity contribution in [1.29, 1.82) is 0 Å². The van der Waals surface area contributed by atoms with E-state index in [-0.39, 0.29) is 34.5 Å². The highest BCUT2D eigenvalue weighted by Crippen LogP contribution is 2.55. The lowest BCUT2D eigenvalue weighted by Gasteiger charge is -2.56. The number of aliphatic hydroxyl groups excluding tert-OH is 1. The van der Waals surface area contributed by atoms with Gasteiger partial charge in [0, 0.05) is 11.8 Å². The highest BCUT2D eigenvalue weighted by Gasteiger charge is 2.73. The van der Waals surface area contributed by atoms with Crippen molar-refractivity contribution in [3.05, 3.63) is 82.9 Å². The normalized spacial score (nSPS) is 28.7. The molecule has 15 heteroatoms.